The zero-order valence-electron chi connectivity index (χ0n) is 14.6. The maximum atomic E-state index is 13.2. The van der Waals surface area contributed by atoms with Crippen molar-refractivity contribution in [2.45, 2.75) is 17.1 Å². The van der Waals surface area contributed by atoms with E-state index in [9.17, 15) is 17.6 Å². The van der Waals surface area contributed by atoms with E-state index in [2.05, 4.69) is 5.32 Å². The zero-order valence-corrected chi connectivity index (χ0v) is 15.4. The summed E-state index contributed by atoms with van der Waals surface area (Å²) >= 11 is 0. The molecule has 1 N–H and O–H groups in total. The summed E-state index contributed by atoms with van der Waals surface area (Å²) in [4.78, 5) is 12.3. The third kappa shape index (κ3) is 4.25. The topological polar surface area (TPSA) is 76.4 Å². The van der Waals surface area contributed by atoms with Crippen LogP contribution in [0, 0.1) is 12.7 Å². The first-order valence-electron chi connectivity index (χ1n) is 8.25. The number of halogens is 1. The highest BCUT2D eigenvalue weighted by atomic mass is 32.2. The van der Waals surface area contributed by atoms with Crippen LogP contribution in [0.25, 0.3) is 0 Å². The summed E-state index contributed by atoms with van der Waals surface area (Å²) in [6, 6.07) is 14.6. The molecule has 0 bridgehead atoms. The molecule has 0 saturated heterocycles. The molecule has 1 aromatic heterocycles. The van der Waals surface area contributed by atoms with Gasteiger partial charge in [0.05, 0.1) is 11.2 Å². The molecule has 27 heavy (non-hydrogen) atoms. The van der Waals surface area contributed by atoms with Gasteiger partial charge in [-0.2, -0.15) is 0 Å². The molecule has 2 aromatic carbocycles. The predicted molar refractivity (Wildman–Crippen MR) is 98.5 cm³/mol. The van der Waals surface area contributed by atoms with Gasteiger partial charge in [-0.05, 0) is 55.5 Å². The Balaban J connectivity index is 1.86. The van der Waals surface area contributed by atoms with Crippen LogP contribution in [0.5, 0.6) is 0 Å². The SMILES string of the molecule is Cc1cccc(C(=O)NCC(c2ccco2)S(=O)(=O)c2ccc(F)cc2)c1. The standard InChI is InChI=1S/C20H18FNO4S/c1-14-4-2-5-15(12-14)20(23)22-13-19(18-6-3-11-26-18)27(24,25)17-9-7-16(21)8-10-17/h2-12,19H,13H2,1H3,(H,22,23). The molecule has 5 nitrogen and oxygen atoms in total. The second-order valence-corrected chi connectivity index (χ2v) is 8.21. The summed E-state index contributed by atoms with van der Waals surface area (Å²) < 4.78 is 44.5. The van der Waals surface area contributed by atoms with E-state index in [-0.39, 0.29) is 23.1 Å². The quantitative estimate of drug-likeness (QED) is 0.655. The molecule has 0 aliphatic heterocycles. The van der Waals surface area contributed by atoms with Crippen molar-refractivity contribution in [2.24, 2.45) is 0 Å². The molecular formula is C20H18FNO4S. The van der Waals surface area contributed by atoms with Crippen LogP contribution >= 0.6 is 0 Å². The van der Waals surface area contributed by atoms with Crippen molar-refractivity contribution in [1.82, 2.24) is 5.32 Å². The fourth-order valence-electron chi connectivity index (χ4n) is 2.70. The second kappa shape index (κ2) is 7.75. The van der Waals surface area contributed by atoms with E-state index in [0.29, 0.717) is 5.56 Å². The Morgan fingerprint density at radius 3 is 2.48 bits per heavy atom. The summed E-state index contributed by atoms with van der Waals surface area (Å²) in [6.45, 7) is 1.68. The highest BCUT2D eigenvalue weighted by Gasteiger charge is 2.32. The molecule has 140 valence electrons. The largest absolute Gasteiger partial charge is 0.468 e. The predicted octanol–water partition coefficient (Wildman–Crippen LogP) is 3.67. The molecule has 3 aromatic rings. The zero-order chi connectivity index (χ0) is 19.4. The number of aryl methyl sites for hydroxylation is 1. The Morgan fingerprint density at radius 1 is 1.11 bits per heavy atom. The normalized spacial score (nSPS) is 12.5. The van der Waals surface area contributed by atoms with Crippen molar-refractivity contribution in [3.05, 3.63) is 89.6 Å². The summed E-state index contributed by atoms with van der Waals surface area (Å²) in [5.74, 6) is -0.718. The van der Waals surface area contributed by atoms with Gasteiger partial charge in [-0.15, -0.1) is 0 Å². The number of furan rings is 1. The number of hydrogen-bond acceptors (Lipinski definition) is 4. The van der Waals surface area contributed by atoms with Crippen LogP contribution in [0.3, 0.4) is 0 Å². The summed E-state index contributed by atoms with van der Waals surface area (Å²) in [7, 11) is -3.90. The molecule has 0 radical (unpaired) electrons. The highest BCUT2D eigenvalue weighted by Crippen LogP contribution is 2.29. The second-order valence-electron chi connectivity index (χ2n) is 6.08. The average Bonchev–Trinajstić information content (AvgIpc) is 3.16. The molecule has 1 heterocycles. The first-order valence-corrected chi connectivity index (χ1v) is 9.80. The molecule has 0 fully saturated rings. The molecule has 0 saturated carbocycles. The van der Waals surface area contributed by atoms with E-state index in [4.69, 9.17) is 4.42 Å². The first kappa shape index (κ1) is 18.8. The van der Waals surface area contributed by atoms with E-state index in [0.717, 1.165) is 17.7 Å². The first-order chi connectivity index (χ1) is 12.9. The Kier molecular flexibility index (Phi) is 5.41. The molecular weight excluding hydrogens is 369 g/mol. The van der Waals surface area contributed by atoms with Crippen LogP contribution in [0.2, 0.25) is 0 Å². The minimum Gasteiger partial charge on any atom is -0.468 e. The Morgan fingerprint density at radius 2 is 1.85 bits per heavy atom. The maximum absolute atomic E-state index is 13.2. The van der Waals surface area contributed by atoms with E-state index in [1.807, 2.05) is 13.0 Å². The molecule has 7 heteroatoms. The number of hydrogen-bond donors (Lipinski definition) is 1. The third-order valence-electron chi connectivity index (χ3n) is 4.11. The summed E-state index contributed by atoms with van der Waals surface area (Å²) in [6.07, 6.45) is 1.37. The smallest absolute Gasteiger partial charge is 0.251 e. The fraction of sp³-hybridized carbons (Fsp3) is 0.150. The van der Waals surface area contributed by atoms with Crippen molar-refractivity contribution in [2.75, 3.05) is 6.54 Å². The monoisotopic (exact) mass is 387 g/mol. The van der Waals surface area contributed by atoms with Crippen molar-refractivity contribution >= 4 is 15.7 Å². The van der Waals surface area contributed by atoms with Crippen LogP contribution in [0.1, 0.15) is 26.9 Å². The van der Waals surface area contributed by atoms with Gasteiger partial charge in [-0.1, -0.05) is 17.7 Å². The van der Waals surface area contributed by atoms with Crippen LogP contribution in [0.15, 0.2) is 76.2 Å². The summed E-state index contributed by atoms with van der Waals surface area (Å²) in [5.41, 5.74) is 1.36. The Labute approximate surface area is 156 Å². The lowest BCUT2D eigenvalue weighted by Crippen LogP contribution is -2.31. The molecule has 0 aliphatic carbocycles. The van der Waals surface area contributed by atoms with Gasteiger partial charge in [0.15, 0.2) is 9.84 Å². The van der Waals surface area contributed by atoms with Crippen molar-refractivity contribution in [3.63, 3.8) is 0 Å². The molecule has 1 atom stereocenters. The van der Waals surface area contributed by atoms with Crippen molar-refractivity contribution < 1.29 is 22.0 Å². The van der Waals surface area contributed by atoms with Gasteiger partial charge < -0.3 is 9.73 Å². The lowest BCUT2D eigenvalue weighted by Gasteiger charge is -2.17. The van der Waals surface area contributed by atoms with Gasteiger partial charge in [0.2, 0.25) is 0 Å². The minimum absolute atomic E-state index is 0.0462. The molecule has 3 rings (SSSR count). The van der Waals surface area contributed by atoms with E-state index in [1.165, 1.54) is 24.5 Å². The Hall–Kier alpha value is -2.93. The van der Waals surface area contributed by atoms with Crippen LogP contribution in [-0.2, 0) is 9.84 Å². The van der Waals surface area contributed by atoms with E-state index in [1.54, 1.807) is 24.3 Å². The van der Waals surface area contributed by atoms with Gasteiger partial charge >= 0.3 is 0 Å². The lowest BCUT2D eigenvalue weighted by atomic mass is 10.1. The average molecular weight is 387 g/mol. The highest BCUT2D eigenvalue weighted by molar-refractivity contribution is 7.91. The number of benzene rings is 2. The van der Waals surface area contributed by atoms with E-state index >= 15 is 0 Å². The van der Waals surface area contributed by atoms with Gasteiger partial charge in [0.1, 0.15) is 16.8 Å². The van der Waals surface area contributed by atoms with Crippen LogP contribution < -0.4 is 5.32 Å². The minimum atomic E-state index is -3.90. The van der Waals surface area contributed by atoms with E-state index < -0.39 is 20.9 Å². The molecule has 1 amide bonds. The number of sulfone groups is 1. The van der Waals surface area contributed by atoms with Crippen molar-refractivity contribution in [1.29, 1.82) is 0 Å². The summed E-state index contributed by atoms with van der Waals surface area (Å²) in [5, 5.41) is 1.52. The molecule has 0 spiro atoms. The number of carbonyl (C=O) groups is 1. The van der Waals surface area contributed by atoms with Gasteiger partial charge in [-0.3, -0.25) is 4.79 Å². The maximum Gasteiger partial charge on any atom is 0.251 e. The molecule has 1 unspecified atom stereocenters. The number of amides is 1. The third-order valence-corrected chi connectivity index (χ3v) is 6.18. The lowest BCUT2D eigenvalue weighted by molar-refractivity contribution is 0.0953. The number of nitrogens with one attached hydrogen (secondary N) is 1. The van der Waals surface area contributed by atoms with Crippen LogP contribution in [0.4, 0.5) is 4.39 Å². The Bertz CT molecular complexity index is 1030. The van der Waals surface area contributed by atoms with Crippen molar-refractivity contribution in [3.8, 4) is 0 Å². The number of carbonyl (C=O) groups excluding carboxylic acids is 1. The molecule has 0 aliphatic rings. The van der Waals surface area contributed by atoms with Crippen LogP contribution in [-0.4, -0.2) is 20.9 Å². The van der Waals surface area contributed by atoms with Gasteiger partial charge in [0, 0.05) is 12.1 Å². The number of rotatable bonds is 6. The van der Waals surface area contributed by atoms with Gasteiger partial charge in [-0.25, -0.2) is 12.8 Å². The van der Waals surface area contributed by atoms with Gasteiger partial charge in [0.25, 0.3) is 5.91 Å². The fourth-order valence-corrected chi connectivity index (χ4v) is 4.29.